The minimum absolute atomic E-state index is 0.620. The van der Waals surface area contributed by atoms with Gasteiger partial charge in [-0.15, -0.1) is 5.10 Å². The van der Waals surface area contributed by atoms with Gasteiger partial charge in [-0.25, -0.2) is 10.1 Å². The highest BCUT2D eigenvalue weighted by Crippen LogP contribution is 2.34. The van der Waals surface area contributed by atoms with Gasteiger partial charge in [-0.05, 0) is 41.7 Å². The van der Waals surface area contributed by atoms with E-state index in [1.54, 1.807) is 0 Å². The highest BCUT2D eigenvalue weighted by molar-refractivity contribution is 5.80. The summed E-state index contributed by atoms with van der Waals surface area (Å²) >= 11 is 0. The molecule has 1 aliphatic rings. The Morgan fingerprint density at radius 2 is 2.00 bits per heavy atom. The van der Waals surface area contributed by atoms with Crippen molar-refractivity contribution in [2.75, 3.05) is 23.7 Å². The first-order chi connectivity index (χ1) is 12.7. The first kappa shape index (κ1) is 16.5. The molecule has 0 unspecified atom stereocenters. The molecule has 0 radical (unpaired) electrons. The predicted molar refractivity (Wildman–Crippen MR) is 102 cm³/mol. The van der Waals surface area contributed by atoms with Gasteiger partial charge in [0.15, 0.2) is 5.82 Å². The van der Waals surface area contributed by atoms with Crippen LogP contribution in [-0.2, 0) is 0 Å². The number of benzene rings is 1. The van der Waals surface area contributed by atoms with Crippen LogP contribution < -0.4 is 10.6 Å². The van der Waals surface area contributed by atoms with Crippen LogP contribution in [0, 0.1) is 5.92 Å². The van der Waals surface area contributed by atoms with Crippen molar-refractivity contribution in [1.29, 1.82) is 0 Å². The van der Waals surface area contributed by atoms with Crippen LogP contribution in [0.4, 0.5) is 11.5 Å². The van der Waals surface area contributed by atoms with Crippen LogP contribution in [0.1, 0.15) is 26.2 Å². The van der Waals surface area contributed by atoms with Gasteiger partial charge in [-0.2, -0.15) is 0 Å². The molecule has 0 atom stereocenters. The van der Waals surface area contributed by atoms with E-state index in [0.29, 0.717) is 11.5 Å². The molecule has 134 valence electrons. The molecule has 4 rings (SSSR count). The number of tetrazole rings is 1. The quantitative estimate of drug-likeness (QED) is 0.680. The summed E-state index contributed by atoms with van der Waals surface area (Å²) < 4.78 is 0. The van der Waals surface area contributed by atoms with E-state index in [0.717, 1.165) is 48.1 Å². The number of hydrogen-bond acceptors (Lipinski definition) is 6. The molecule has 2 heterocycles. The average Bonchev–Trinajstić information content (AvgIpc) is 3.30. The molecule has 3 aromatic rings. The summed E-state index contributed by atoms with van der Waals surface area (Å²) in [7, 11) is 0. The van der Waals surface area contributed by atoms with Crippen LogP contribution in [0.15, 0.2) is 36.4 Å². The third-order valence-corrected chi connectivity index (χ3v) is 4.63. The van der Waals surface area contributed by atoms with Gasteiger partial charge in [0.25, 0.3) is 0 Å². The fourth-order valence-electron chi connectivity index (χ4n) is 3.20. The van der Waals surface area contributed by atoms with Crippen molar-refractivity contribution in [3.8, 4) is 22.6 Å². The number of nitrogens with zero attached hydrogens (tertiary/aromatic N) is 5. The zero-order valence-corrected chi connectivity index (χ0v) is 14.9. The van der Waals surface area contributed by atoms with Gasteiger partial charge in [0.1, 0.15) is 5.82 Å². The Hall–Kier alpha value is -2.96. The number of hydrogen-bond donors (Lipinski definition) is 2. The molecule has 7 heteroatoms. The Labute approximate surface area is 152 Å². The van der Waals surface area contributed by atoms with E-state index < -0.39 is 0 Å². The molecule has 0 bridgehead atoms. The zero-order valence-electron chi connectivity index (χ0n) is 14.9. The lowest BCUT2D eigenvalue weighted by Gasteiger charge is -2.24. The molecule has 3 N–H and O–H groups in total. The lowest BCUT2D eigenvalue weighted by atomic mass is 10.0. The predicted octanol–water partition coefficient (Wildman–Crippen LogP) is 3.14. The topological polar surface area (TPSA) is 96.6 Å². The van der Waals surface area contributed by atoms with E-state index in [2.05, 4.69) is 32.4 Å². The second kappa shape index (κ2) is 7.11. The number of pyridine rings is 1. The molecule has 1 saturated carbocycles. The van der Waals surface area contributed by atoms with E-state index >= 15 is 0 Å². The molecule has 0 aliphatic heterocycles. The van der Waals surface area contributed by atoms with Crippen molar-refractivity contribution < 1.29 is 0 Å². The first-order valence-electron chi connectivity index (χ1n) is 9.10. The number of nitrogens with two attached hydrogens (primary N) is 1. The Morgan fingerprint density at radius 1 is 1.19 bits per heavy atom. The second-order valence-corrected chi connectivity index (χ2v) is 6.83. The summed E-state index contributed by atoms with van der Waals surface area (Å²) in [5, 5.41) is 14.2. The van der Waals surface area contributed by atoms with Gasteiger partial charge in [-0.3, -0.25) is 0 Å². The van der Waals surface area contributed by atoms with Crippen LogP contribution in [-0.4, -0.2) is 38.7 Å². The minimum Gasteiger partial charge on any atom is -0.399 e. The van der Waals surface area contributed by atoms with Gasteiger partial charge in [0.05, 0.1) is 5.69 Å². The molecular formula is C19H23N7. The minimum atomic E-state index is 0.620. The van der Waals surface area contributed by atoms with Crippen molar-refractivity contribution in [2.45, 2.75) is 26.2 Å². The van der Waals surface area contributed by atoms with Gasteiger partial charge < -0.3 is 10.6 Å². The summed E-state index contributed by atoms with van der Waals surface area (Å²) in [6, 6.07) is 11.8. The van der Waals surface area contributed by atoms with E-state index in [1.165, 1.54) is 12.8 Å². The smallest absolute Gasteiger partial charge is 0.180 e. The van der Waals surface area contributed by atoms with Gasteiger partial charge in [0, 0.05) is 36.0 Å². The Bertz CT molecular complexity index is 871. The van der Waals surface area contributed by atoms with Crippen molar-refractivity contribution >= 4 is 11.5 Å². The highest BCUT2D eigenvalue weighted by atomic mass is 15.5. The molecule has 7 nitrogen and oxygen atoms in total. The maximum absolute atomic E-state index is 6.23. The number of anilines is 2. The lowest BCUT2D eigenvalue weighted by molar-refractivity contribution is 0.700. The number of aromatic nitrogens is 5. The lowest BCUT2D eigenvalue weighted by Crippen LogP contribution is -2.27. The molecule has 1 fully saturated rings. The molecular weight excluding hydrogens is 326 g/mol. The van der Waals surface area contributed by atoms with Gasteiger partial charge >= 0.3 is 0 Å². The second-order valence-electron chi connectivity index (χ2n) is 6.83. The number of rotatable bonds is 7. The number of nitrogens with one attached hydrogen (secondary N) is 1. The molecule has 0 amide bonds. The van der Waals surface area contributed by atoms with E-state index in [4.69, 9.17) is 10.7 Å². The molecule has 1 aliphatic carbocycles. The van der Waals surface area contributed by atoms with E-state index in [-0.39, 0.29) is 0 Å². The summed E-state index contributed by atoms with van der Waals surface area (Å²) in [6.45, 7) is 4.23. The Kier molecular flexibility index (Phi) is 4.51. The molecule has 2 aromatic heterocycles. The maximum Gasteiger partial charge on any atom is 0.180 e. The monoisotopic (exact) mass is 349 g/mol. The van der Waals surface area contributed by atoms with E-state index in [9.17, 15) is 0 Å². The standard InChI is InChI=1S/C19H23N7/c1-2-9-26(12-13-7-8-13)18-11-14(20)10-17(21-18)15-5-3-4-6-16(15)19-22-24-25-23-19/h3-6,10-11,13H,2,7-9,12H2,1H3,(H2,20,21)(H,22,23,24,25). The number of H-pyrrole nitrogens is 1. The fraction of sp³-hybridized carbons (Fsp3) is 0.368. The third kappa shape index (κ3) is 3.51. The molecule has 26 heavy (non-hydrogen) atoms. The van der Waals surface area contributed by atoms with Crippen LogP contribution in [0.2, 0.25) is 0 Å². The van der Waals surface area contributed by atoms with Gasteiger partial charge in [0.2, 0.25) is 0 Å². The summed E-state index contributed by atoms with van der Waals surface area (Å²) in [4.78, 5) is 7.29. The average molecular weight is 349 g/mol. The Morgan fingerprint density at radius 3 is 2.69 bits per heavy atom. The summed E-state index contributed by atoms with van der Waals surface area (Å²) in [6.07, 6.45) is 3.71. The highest BCUT2D eigenvalue weighted by Gasteiger charge is 2.25. The fourth-order valence-corrected chi connectivity index (χ4v) is 3.20. The summed E-state index contributed by atoms with van der Waals surface area (Å²) in [5.41, 5.74) is 9.65. The van der Waals surface area contributed by atoms with Crippen LogP contribution in [0.5, 0.6) is 0 Å². The third-order valence-electron chi connectivity index (χ3n) is 4.63. The van der Waals surface area contributed by atoms with E-state index in [1.807, 2.05) is 36.4 Å². The largest absolute Gasteiger partial charge is 0.399 e. The zero-order chi connectivity index (χ0) is 17.9. The van der Waals surface area contributed by atoms with Crippen molar-refractivity contribution in [3.63, 3.8) is 0 Å². The summed E-state index contributed by atoms with van der Waals surface area (Å²) in [5.74, 6) is 2.36. The van der Waals surface area contributed by atoms with Gasteiger partial charge in [-0.1, -0.05) is 31.2 Å². The maximum atomic E-state index is 6.23. The molecule has 1 aromatic carbocycles. The van der Waals surface area contributed by atoms with Crippen molar-refractivity contribution in [2.24, 2.45) is 5.92 Å². The molecule has 0 spiro atoms. The number of nitrogen functional groups attached to an aromatic ring is 1. The van der Waals surface area contributed by atoms with Crippen LogP contribution >= 0.6 is 0 Å². The first-order valence-corrected chi connectivity index (χ1v) is 9.10. The van der Waals surface area contributed by atoms with Crippen LogP contribution in [0.25, 0.3) is 22.6 Å². The molecule has 0 saturated heterocycles. The van der Waals surface area contributed by atoms with Crippen molar-refractivity contribution in [1.82, 2.24) is 25.6 Å². The normalized spacial score (nSPS) is 13.7. The van der Waals surface area contributed by atoms with Crippen molar-refractivity contribution in [3.05, 3.63) is 36.4 Å². The number of aromatic amines is 1. The van der Waals surface area contributed by atoms with Crippen LogP contribution in [0.3, 0.4) is 0 Å². The SMILES string of the molecule is CCCN(CC1CC1)c1cc(N)cc(-c2ccccc2-c2nnn[nH]2)n1. The Balaban J connectivity index is 1.75.